The summed E-state index contributed by atoms with van der Waals surface area (Å²) in [6.45, 7) is 6.18. The number of aliphatic hydroxyl groups excluding tert-OH is 1. The third-order valence-electron chi connectivity index (χ3n) is 3.54. The molecule has 136 valence electrons. The van der Waals surface area contributed by atoms with Crippen LogP contribution in [-0.4, -0.2) is 25.4 Å². The first-order valence-corrected chi connectivity index (χ1v) is 10.0. The van der Waals surface area contributed by atoms with Crippen LogP contribution in [0.15, 0.2) is 35.7 Å². The summed E-state index contributed by atoms with van der Waals surface area (Å²) in [6, 6.07) is 7.19. The Bertz CT molecular complexity index is 543. The van der Waals surface area contributed by atoms with Crippen LogP contribution in [0.25, 0.3) is 0 Å². The van der Waals surface area contributed by atoms with E-state index in [1.807, 2.05) is 0 Å². The van der Waals surface area contributed by atoms with Crippen LogP contribution in [0.5, 0.6) is 5.75 Å². The van der Waals surface area contributed by atoms with Crippen LogP contribution in [-0.2, 0) is 13.6 Å². The Balaban J connectivity index is 3.12. The lowest BCUT2D eigenvalue weighted by molar-refractivity contribution is 0.207. The summed E-state index contributed by atoms with van der Waals surface area (Å²) in [6.07, 6.45) is 1.64. The zero-order chi connectivity index (χ0) is 18.0. The van der Waals surface area contributed by atoms with E-state index in [0.717, 1.165) is 24.2 Å². The molecule has 0 amide bonds. The lowest BCUT2D eigenvalue weighted by Gasteiger charge is -2.19. The van der Waals surface area contributed by atoms with Crippen molar-refractivity contribution in [3.8, 4) is 5.75 Å². The number of aliphatic hydroxyl groups is 1. The summed E-state index contributed by atoms with van der Waals surface area (Å²) in [5, 5.41) is 10.7. The number of ether oxygens (including phenoxy) is 1. The molecule has 5 nitrogen and oxygen atoms in total. The molecule has 1 aromatic carbocycles. The molecule has 0 heterocycles. The van der Waals surface area contributed by atoms with Crippen LogP contribution >= 0.6 is 7.60 Å². The molecule has 1 aromatic rings. The van der Waals surface area contributed by atoms with Gasteiger partial charge in [-0.3, -0.25) is 4.57 Å². The van der Waals surface area contributed by atoms with Crippen molar-refractivity contribution in [3.05, 3.63) is 41.2 Å². The van der Waals surface area contributed by atoms with Gasteiger partial charge in [0, 0.05) is 5.82 Å². The standard InChI is InChI=1S/C18H29O5P/c1-5-8-9-16(14-24(20,22-6-2)23-7-3)18(19)15-10-12-17(21-4)13-11-15/h10-14,18-19H,5-9H2,1-4H3/b16-14+. The molecule has 0 bridgehead atoms. The number of benzene rings is 1. The summed E-state index contributed by atoms with van der Waals surface area (Å²) in [7, 11) is -1.76. The van der Waals surface area contributed by atoms with E-state index in [-0.39, 0.29) is 13.2 Å². The fraction of sp³-hybridized carbons (Fsp3) is 0.556. The van der Waals surface area contributed by atoms with Crippen molar-refractivity contribution in [2.45, 2.75) is 46.1 Å². The van der Waals surface area contributed by atoms with Crippen LogP contribution in [0.4, 0.5) is 0 Å². The first kappa shape index (κ1) is 20.9. The van der Waals surface area contributed by atoms with E-state index < -0.39 is 13.7 Å². The third-order valence-corrected chi connectivity index (χ3v) is 5.43. The van der Waals surface area contributed by atoms with Gasteiger partial charge >= 0.3 is 7.60 Å². The minimum atomic E-state index is -3.35. The Hall–Kier alpha value is -1.13. The lowest BCUT2D eigenvalue weighted by atomic mass is 9.98. The average Bonchev–Trinajstić information content (AvgIpc) is 2.58. The van der Waals surface area contributed by atoms with Crippen molar-refractivity contribution in [1.82, 2.24) is 0 Å². The van der Waals surface area contributed by atoms with Gasteiger partial charge in [0.15, 0.2) is 0 Å². The van der Waals surface area contributed by atoms with Crippen LogP contribution in [0.1, 0.15) is 51.7 Å². The predicted octanol–water partition coefficient (Wildman–Crippen LogP) is 5.07. The largest absolute Gasteiger partial charge is 0.497 e. The smallest absolute Gasteiger partial charge is 0.354 e. The van der Waals surface area contributed by atoms with E-state index >= 15 is 0 Å². The van der Waals surface area contributed by atoms with Gasteiger partial charge in [0.2, 0.25) is 0 Å². The maximum atomic E-state index is 12.8. The van der Waals surface area contributed by atoms with Crippen molar-refractivity contribution in [1.29, 1.82) is 0 Å². The molecule has 1 rings (SSSR count). The molecule has 1 atom stereocenters. The fourth-order valence-electron chi connectivity index (χ4n) is 2.33. The van der Waals surface area contributed by atoms with Crippen LogP contribution in [0.3, 0.4) is 0 Å². The molecule has 0 aliphatic heterocycles. The summed E-state index contributed by atoms with van der Waals surface area (Å²) in [4.78, 5) is 0. The molecule has 1 N–H and O–H groups in total. The van der Waals surface area contributed by atoms with E-state index in [4.69, 9.17) is 13.8 Å². The number of rotatable bonds is 11. The van der Waals surface area contributed by atoms with Gasteiger partial charge in [-0.25, -0.2) is 0 Å². The minimum absolute atomic E-state index is 0.285. The number of hydrogen-bond donors (Lipinski definition) is 1. The molecular formula is C18H29O5P. The minimum Gasteiger partial charge on any atom is -0.497 e. The van der Waals surface area contributed by atoms with Crippen molar-refractivity contribution in [3.63, 3.8) is 0 Å². The van der Waals surface area contributed by atoms with Crippen molar-refractivity contribution >= 4 is 7.60 Å². The molecule has 0 fully saturated rings. The maximum absolute atomic E-state index is 12.8. The molecule has 24 heavy (non-hydrogen) atoms. The summed E-state index contributed by atoms with van der Waals surface area (Å²) in [5.41, 5.74) is 1.38. The van der Waals surface area contributed by atoms with Crippen LogP contribution < -0.4 is 4.74 Å². The molecule has 1 unspecified atom stereocenters. The van der Waals surface area contributed by atoms with Crippen molar-refractivity contribution in [2.24, 2.45) is 0 Å². The Labute approximate surface area is 145 Å². The van der Waals surface area contributed by atoms with Crippen LogP contribution in [0.2, 0.25) is 0 Å². The van der Waals surface area contributed by atoms with Gasteiger partial charge in [-0.05, 0) is 50.0 Å². The van der Waals surface area contributed by atoms with Gasteiger partial charge in [-0.1, -0.05) is 25.5 Å². The molecule has 0 aliphatic rings. The molecule has 0 aliphatic carbocycles. The van der Waals surface area contributed by atoms with Gasteiger partial charge in [0.1, 0.15) is 11.9 Å². The Kier molecular flexibility index (Phi) is 9.30. The SMILES string of the molecule is CCCC/C(=C\P(=O)(OCC)OCC)C(O)c1ccc(OC)cc1. The Morgan fingerprint density at radius 2 is 1.75 bits per heavy atom. The quantitative estimate of drug-likeness (QED) is 0.561. The molecule has 0 saturated heterocycles. The average molecular weight is 356 g/mol. The van der Waals surface area contributed by atoms with Gasteiger partial charge in [-0.2, -0.15) is 0 Å². The number of methoxy groups -OCH3 is 1. The van der Waals surface area contributed by atoms with Gasteiger partial charge in [0.25, 0.3) is 0 Å². The topological polar surface area (TPSA) is 65.0 Å². The second-order valence-corrected chi connectivity index (χ2v) is 7.21. The normalized spacial score (nSPS) is 13.8. The van der Waals surface area contributed by atoms with Gasteiger partial charge in [-0.15, -0.1) is 0 Å². The predicted molar refractivity (Wildman–Crippen MR) is 96.4 cm³/mol. The second kappa shape index (κ2) is 10.7. The van der Waals surface area contributed by atoms with E-state index in [2.05, 4.69) is 6.92 Å². The molecule has 0 aromatic heterocycles. The molecule has 6 heteroatoms. The number of unbranched alkanes of at least 4 members (excludes halogenated alkanes) is 1. The zero-order valence-corrected chi connectivity index (χ0v) is 15.9. The molecular weight excluding hydrogens is 327 g/mol. The van der Waals surface area contributed by atoms with Crippen LogP contribution in [0, 0.1) is 0 Å². The Morgan fingerprint density at radius 1 is 1.17 bits per heavy atom. The molecule has 0 radical (unpaired) electrons. The summed E-state index contributed by atoms with van der Waals surface area (Å²) in [5.74, 6) is 2.21. The van der Waals surface area contributed by atoms with Gasteiger partial charge < -0.3 is 18.9 Å². The van der Waals surface area contributed by atoms with E-state index in [1.165, 1.54) is 5.82 Å². The monoisotopic (exact) mass is 356 g/mol. The van der Waals surface area contributed by atoms with Crippen molar-refractivity contribution < 1.29 is 23.5 Å². The van der Waals surface area contributed by atoms with E-state index in [0.29, 0.717) is 12.0 Å². The fourth-order valence-corrected chi connectivity index (χ4v) is 3.95. The maximum Gasteiger partial charge on any atom is 0.354 e. The first-order valence-electron chi connectivity index (χ1n) is 8.42. The molecule has 0 spiro atoms. The van der Waals surface area contributed by atoms with E-state index in [1.54, 1.807) is 45.2 Å². The lowest BCUT2D eigenvalue weighted by Crippen LogP contribution is -2.04. The van der Waals surface area contributed by atoms with Gasteiger partial charge in [0.05, 0.1) is 20.3 Å². The molecule has 0 saturated carbocycles. The zero-order valence-electron chi connectivity index (χ0n) is 15.0. The summed E-state index contributed by atoms with van der Waals surface area (Å²) >= 11 is 0. The third kappa shape index (κ3) is 6.40. The highest BCUT2D eigenvalue weighted by atomic mass is 31.2. The van der Waals surface area contributed by atoms with E-state index in [9.17, 15) is 9.67 Å². The second-order valence-electron chi connectivity index (χ2n) is 5.36. The highest BCUT2D eigenvalue weighted by Crippen LogP contribution is 2.52. The highest BCUT2D eigenvalue weighted by molar-refractivity contribution is 7.57. The summed E-state index contributed by atoms with van der Waals surface area (Å²) < 4.78 is 28.6. The highest BCUT2D eigenvalue weighted by Gasteiger charge is 2.24. The Morgan fingerprint density at radius 3 is 2.21 bits per heavy atom. The first-order chi connectivity index (χ1) is 11.5. The van der Waals surface area contributed by atoms with Crippen molar-refractivity contribution in [2.75, 3.05) is 20.3 Å². The number of hydrogen-bond acceptors (Lipinski definition) is 5.